The third-order valence-corrected chi connectivity index (χ3v) is 7.38. The van der Waals surface area contributed by atoms with Crippen LogP contribution in [0.5, 0.6) is 0 Å². The predicted molar refractivity (Wildman–Crippen MR) is 118 cm³/mol. The van der Waals surface area contributed by atoms with Crippen molar-refractivity contribution in [1.29, 1.82) is 0 Å². The third-order valence-electron chi connectivity index (χ3n) is 5.51. The van der Waals surface area contributed by atoms with Gasteiger partial charge >= 0.3 is 0 Å². The van der Waals surface area contributed by atoms with Crippen molar-refractivity contribution in [3.63, 3.8) is 0 Å². The molecule has 0 unspecified atom stereocenters. The third kappa shape index (κ3) is 3.88. The van der Waals surface area contributed by atoms with Crippen LogP contribution in [0.25, 0.3) is 0 Å². The molecule has 0 fully saturated rings. The number of hydrogen-bond donors (Lipinski definition) is 1. The second kappa shape index (κ2) is 8.05. The molecule has 6 heteroatoms. The first kappa shape index (κ1) is 20.3. The lowest BCUT2D eigenvalue weighted by Crippen LogP contribution is -2.50. The van der Waals surface area contributed by atoms with Gasteiger partial charge in [-0.15, -0.1) is 0 Å². The molecular weight excluding hydrogens is 396 g/mol. The molecule has 0 aliphatic carbocycles. The van der Waals surface area contributed by atoms with Gasteiger partial charge in [0.1, 0.15) is 6.04 Å². The quantitative estimate of drug-likeness (QED) is 0.692. The fraction of sp³-hybridized carbons (Fsp3) is 0.208. The van der Waals surface area contributed by atoms with Crippen molar-refractivity contribution < 1.29 is 13.2 Å². The maximum Gasteiger partial charge on any atom is 0.244 e. The summed E-state index contributed by atoms with van der Waals surface area (Å²) in [5.41, 5.74) is 4.59. The summed E-state index contributed by atoms with van der Waals surface area (Å²) in [7, 11) is -3.84. The molecule has 3 aromatic carbocycles. The molecule has 1 amide bonds. The van der Waals surface area contributed by atoms with Gasteiger partial charge in [0.25, 0.3) is 0 Å². The van der Waals surface area contributed by atoms with E-state index in [1.165, 1.54) is 4.31 Å². The van der Waals surface area contributed by atoms with Gasteiger partial charge in [-0.2, -0.15) is 4.31 Å². The van der Waals surface area contributed by atoms with Crippen LogP contribution in [-0.2, 0) is 27.8 Å². The second-order valence-electron chi connectivity index (χ2n) is 7.66. The Balaban J connectivity index is 1.73. The highest BCUT2D eigenvalue weighted by atomic mass is 32.2. The summed E-state index contributed by atoms with van der Waals surface area (Å²) >= 11 is 0. The maximum atomic E-state index is 13.4. The highest BCUT2D eigenvalue weighted by Crippen LogP contribution is 2.30. The summed E-state index contributed by atoms with van der Waals surface area (Å²) in [5.74, 6) is -0.322. The molecule has 3 aromatic rings. The summed E-state index contributed by atoms with van der Waals surface area (Å²) in [5, 5.41) is 2.96. The minimum atomic E-state index is -3.84. The standard InChI is InChI=1S/C24H24N2O3S/c1-17-12-13-18(2)22(14-17)25-24(27)23-15-19-8-6-7-9-20(19)16-26(23)30(28,29)21-10-4-3-5-11-21/h3-14,23H,15-16H2,1-2H3,(H,25,27)/t23-/m0/s1. The Hall–Kier alpha value is -2.96. The molecule has 0 bridgehead atoms. The number of sulfonamides is 1. The van der Waals surface area contributed by atoms with Crippen LogP contribution in [0.1, 0.15) is 22.3 Å². The number of nitrogens with zero attached hydrogens (tertiary/aromatic N) is 1. The molecule has 0 saturated heterocycles. The van der Waals surface area contributed by atoms with Crippen LogP contribution in [0, 0.1) is 13.8 Å². The summed E-state index contributed by atoms with van der Waals surface area (Å²) in [6.45, 7) is 4.04. The van der Waals surface area contributed by atoms with E-state index in [0.717, 1.165) is 22.3 Å². The van der Waals surface area contributed by atoms with Crippen LogP contribution in [0.4, 0.5) is 5.69 Å². The topological polar surface area (TPSA) is 66.5 Å². The van der Waals surface area contributed by atoms with Gasteiger partial charge in [0.05, 0.1) is 4.90 Å². The van der Waals surface area contributed by atoms with Gasteiger partial charge in [-0.05, 0) is 60.7 Å². The van der Waals surface area contributed by atoms with Crippen LogP contribution < -0.4 is 5.32 Å². The molecule has 1 aliphatic heterocycles. The molecule has 1 heterocycles. The zero-order valence-electron chi connectivity index (χ0n) is 17.0. The zero-order chi connectivity index (χ0) is 21.3. The van der Waals surface area contributed by atoms with Crippen LogP contribution >= 0.6 is 0 Å². The van der Waals surface area contributed by atoms with Crippen LogP contribution in [0.2, 0.25) is 0 Å². The van der Waals surface area contributed by atoms with E-state index in [1.54, 1.807) is 30.3 Å². The molecule has 30 heavy (non-hydrogen) atoms. The lowest BCUT2D eigenvalue weighted by molar-refractivity contribution is -0.120. The van der Waals surface area contributed by atoms with Gasteiger partial charge < -0.3 is 5.32 Å². The lowest BCUT2D eigenvalue weighted by Gasteiger charge is -2.35. The molecular formula is C24H24N2O3S. The number of carbonyl (C=O) groups excluding carboxylic acids is 1. The number of carbonyl (C=O) groups is 1. The van der Waals surface area contributed by atoms with Gasteiger partial charge in [-0.1, -0.05) is 54.6 Å². The zero-order valence-corrected chi connectivity index (χ0v) is 17.8. The first-order chi connectivity index (χ1) is 14.4. The minimum absolute atomic E-state index is 0.165. The van der Waals surface area contributed by atoms with Crippen molar-refractivity contribution in [2.45, 2.75) is 37.8 Å². The normalized spacial score (nSPS) is 16.7. The summed E-state index contributed by atoms with van der Waals surface area (Å²) in [6, 6.07) is 21.0. The number of aryl methyl sites for hydroxylation is 2. The molecule has 4 rings (SSSR count). The van der Waals surface area contributed by atoms with Crippen LogP contribution in [-0.4, -0.2) is 24.7 Å². The Kier molecular flexibility index (Phi) is 5.45. The van der Waals surface area contributed by atoms with Crippen molar-refractivity contribution in [2.24, 2.45) is 0 Å². The number of amides is 1. The average Bonchev–Trinajstić information content (AvgIpc) is 2.76. The number of rotatable bonds is 4. The molecule has 154 valence electrons. The van der Waals surface area contributed by atoms with Crippen molar-refractivity contribution in [3.8, 4) is 0 Å². The Morgan fingerprint density at radius 3 is 2.33 bits per heavy atom. The lowest BCUT2D eigenvalue weighted by atomic mass is 9.95. The van der Waals surface area contributed by atoms with Gasteiger partial charge in [-0.25, -0.2) is 8.42 Å². The van der Waals surface area contributed by atoms with E-state index in [4.69, 9.17) is 0 Å². The van der Waals surface area contributed by atoms with Crippen LogP contribution in [0.15, 0.2) is 77.7 Å². The van der Waals surface area contributed by atoms with E-state index in [9.17, 15) is 13.2 Å². The van der Waals surface area contributed by atoms with Gasteiger partial charge in [0, 0.05) is 12.2 Å². The van der Waals surface area contributed by atoms with E-state index >= 15 is 0 Å². The van der Waals surface area contributed by atoms with E-state index in [-0.39, 0.29) is 17.3 Å². The van der Waals surface area contributed by atoms with Gasteiger partial charge in [-0.3, -0.25) is 4.79 Å². The molecule has 0 aromatic heterocycles. The van der Waals surface area contributed by atoms with E-state index in [1.807, 2.05) is 56.3 Å². The van der Waals surface area contributed by atoms with Crippen molar-refractivity contribution in [2.75, 3.05) is 5.32 Å². The number of hydrogen-bond acceptors (Lipinski definition) is 3. The Morgan fingerprint density at radius 2 is 1.60 bits per heavy atom. The smallest absolute Gasteiger partial charge is 0.244 e. The first-order valence-electron chi connectivity index (χ1n) is 9.88. The van der Waals surface area contributed by atoms with Crippen molar-refractivity contribution in [3.05, 3.63) is 95.1 Å². The highest BCUT2D eigenvalue weighted by molar-refractivity contribution is 7.89. The summed E-state index contributed by atoms with van der Waals surface area (Å²) in [6.07, 6.45) is 0.332. The average molecular weight is 421 g/mol. The number of nitrogens with one attached hydrogen (secondary N) is 1. The molecule has 1 aliphatic rings. The first-order valence-corrected chi connectivity index (χ1v) is 11.3. The summed E-state index contributed by atoms with van der Waals surface area (Å²) in [4.78, 5) is 13.5. The fourth-order valence-corrected chi connectivity index (χ4v) is 5.38. The monoisotopic (exact) mass is 420 g/mol. The molecule has 1 N–H and O–H groups in total. The van der Waals surface area contributed by atoms with Crippen molar-refractivity contribution in [1.82, 2.24) is 4.31 Å². The van der Waals surface area contributed by atoms with E-state index in [2.05, 4.69) is 5.32 Å². The van der Waals surface area contributed by atoms with Crippen LogP contribution in [0.3, 0.4) is 0 Å². The molecule has 1 atom stereocenters. The Bertz CT molecular complexity index is 1190. The van der Waals surface area contributed by atoms with E-state index < -0.39 is 16.1 Å². The van der Waals surface area contributed by atoms with E-state index in [0.29, 0.717) is 12.1 Å². The number of anilines is 1. The fourth-order valence-electron chi connectivity index (χ4n) is 3.79. The molecule has 0 radical (unpaired) electrons. The number of benzene rings is 3. The van der Waals surface area contributed by atoms with Gasteiger partial charge in [0.2, 0.25) is 15.9 Å². The Labute approximate surface area is 177 Å². The predicted octanol–water partition coefficient (Wildman–Crippen LogP) is 4.06. The molecule has 0 spiro atoms. The minimum Gasteiger partial charge on any atom is -0.324 e. The summed E-state index contributed by atoms with van der Waals surface area (Å²) < 4.78 is 28.2. The largest absolute Gasteiger partial charge is 0.324 e. The molecule has 5 nitrogen and oxygen atoms in total. The SMILES string of the molecule is Cc1ccc(C)c(NC(=O)[C@@H]2Cc3ccccc3CN2S(=O)(=O)c2ccccc2)c1. The number of fused-ring (bicyclic) bond motifs is 1. The maximum absolute atomic E-state index is 13.4. The molecule has 0 saturated carbocycles. The van der Waals surface area contributed by atoms with Crippen molar-refractivity contribution >= 4 is 21.6 Å². The highest BCUT2D eigenvalue weighted by Gasteiger charge is 2.39. The second-order valence-corrected chi connectivity index (χ2v) is 9.55. The Morgan fingerprint density at radius 1 is 0.933 bits per heavy atom. The van der Waals surface area contributed by atoms with Gasteiger partial charge in [0.15, 0.2) is 0 Å².